The Morgan fingerprint density at radius 2 is 1.92 bits per heavy atom. The maximum absolute atomic E-state index is 14.0. The van der Waals surface area contributed by atoms with Gasteiger partial charge in [0.2, 0.25) is 11.8 Å². The highest BCUT2D eigenvalue weighted by Gasteiger charge is 2.27. The Bertz CT molecular complexity index is 1580. The number of methoxy groups -OCH3 is 1. The Morgan fingerprint density at radius 3 is 2.63 bits per heavy atom. The molecule has 38 heavy (non-hydrogen) atoms. The van der Waals surface area contributed by atoms with Crippen LogP contribution in [0.25, 0.3) is 15.9 Å². The summed E-state index contributed by atoms with van der Waals surface area (Å²) in [5.74, 6) is 0.744. The van der Waals surface area contributed by atoms with E-state index in [0.717, 1.165) is 33.0 Å². The van der Waals surface area contributed by atoms with Crippen molar-refractivity contribution in [2.75, 3.05) is 19.4 Å². The monoisotopic (exact) mass is 548 g/mol. The molecular formula is C28H28N4O4S2. The number of rotatable bonds is 7. The van der Waals surface area contributed by atoms with E-state index in [-0.39, 0.29) is 23.1 Å². The maximum atomic E-state index is 14.0. The molecule has 2 aromatic heterocycles. The van der Waals surface area contributed by atoms with Crippen LogP contribution in [0.1, 0.15) is 28.5 Å². The van der Waals surface area contributed by atoms with E-state index in [1.54, 1.807) is 23.5 Å². The number of carbonyl (C=O) groups excluding carboxylic acids is 2. The summed E-state index contributed by atoms with van der Waals surface area (Å²) in [5, 5.41) is 4.02. The average molecular weight is 549 g/mol. The van der Waals surface area contributed by atoms with Crippen molar-refractivity contribution in [1.82, 2.24) is 19.8 Å². The third-order valence-electron chi connectivity index (χ3n) is 6.63. The number of benzene rings is 2. The Kier molecular flexibility index (Phi) is 7.53. The van der Waals surface area contributed by atoms with Gasteiger partial charge in [-0.25, -0.2) is 4.98 Å². The number of ether oxygens (including phenoxy) is 1. The van der Waals surface area contributed by atoms with Gasteiger partial charge >= 0.3 is 0 Å². The van der Waals surface area contributed by atoms with E-state index >= 15 is 0 Å². The smallest absolute Gasteiger partial charge is 0.267 e. The minimum Gasteiger partial charge on any atom is -0.497 e. The summed E-state index contributed by atoms with van der Waals surface area (Å²) in [6.07, 6.45) is 0.625. The number of hydrogen-bond acceptors (Lipinski definition) is 7. The quantitative estimate of drug-likeness (QED) is 0.276. The van der Waals surface area contributed by atoms with Crippen molar-refractivity contribution >= 4 is 45.1 Å². The van der Waals surface area contributed by atoms with Crippen LogP contribution < -0.4 is 15.6 Å². The molecule has 0 atom stereocenters. The number of nitrogens with zero attached hydrogens (tertiary/aromatic N) is 3. The molecule has 0 saturated heterocycles. The maximum Gasteiger partial charge on any atom is 0.267 e. The fraction of sp³-hybridized carbons (Fsp3) is 0.286. The van der Waals surface area contributed by atoms with E-state index in [0.29, 0.717) is 41.4 Å². The fourth-order valence-electron chi connectivity index (χ4n) is 4.54. The first-order chi connectivity index (χ1) is 18.4. The molecule has 0 unspecified atom stereocenters. The van der Waals surface area contributed by atoms with E-state index in [1.165, 1.54) is 23.1 Å². The lowest BCUT2D eigenvalue weighted by Gasteiger charge is -2.25. The van der Waals surface area contributed by atoms with Crippen molar-refractivity contribution in [3.05, 3.63) is 80.5 Å². The summed E-state index contributed by atoms with van der Waals surface area (Å²) < 4.78 is 6.81. The van der Waals surface area contributed by atoms with Gasteiger partial charge in [0.05, 0.1) is 30.5 Å². The van der Waals surface area contributed by atoms with Crippen LogP contribution >= 0.6 is 23.1 Å². The number of aryl methyl sites for hydroxylation is 1. The van der Waals surface area contributed by atoms with Gasteiger partial charge in [-0.3, -0.25) is 19.0 Å². The summed E-state index contributed by atoms with van der Waals surface area (Å²) in [7, 11) is 1.61. The molecule has 0 radical (unpaired) electrons. The Labute approximate surface area is 228 Å². The number of hydrogen-bond donors (Lipinski definition) is 1. The van der Waals surface area contributed by atoms with Crippen molar-refractivity contribution in [3.63, 3.8) is 0 Å². The van der Waals surface area contributed by atoms with Crippen LogP contribution in [0.5, 0.6) is 5.75 Å². The molecule has 4 aromatic rings. The second-order valence-electron chi connectivity index (χ2n) is 9.11. The topological polar surface area (TPSA) is 93.5 Å². The first kappa shape index (κ1) is 26.0. The second kappa shape index (κ2) is 11.0. The molecule has 0 bridgehead atoms. The number of fused-ring (bicyclic) bond motifs is 3. The van der Waals surface area contributed by atoms with E-state index < -0.39 is 0 Å². The van der Waals surface area contributed by atoms with Crippen LogP contribution in [-0.2, 0) is 29.1 Å². The Morgan fingerprint density at radius 1 is 1.16 bits per heavy atom. The van der Waals surface area contributed by atoms with Crippen LogP contribution in [0, 0.1) is 6.92 Å². The van der Waals surface area contributed by atoms with Crippen LogP contribution in [0.2, 0.25) is 0 Å². The first-order valence-corrected chi connectivity index (χ1v) is 14.1. The summed E-state index contributed by atoms with van der Waals surface area (Å²) in [6, 6.07) is 15.2. The zero-order chi connectivity index (χ0) is 26.8. The molecule has 196 valence electrons. The number of para-hydroxylation sites is 1. The number of thioether (sulfide) groups is 1. The van der Waals surface area contributed by atoms with Gasteiger partial charge in [0.15, 0.2) is 5.16 Å². The largest absolute Gasteiger partial charge is 0.497 e. The molecule has 1 aliphatic rings. The van der Waals surface area contributed by atoms with Crippen LogP contribution in [-0.4, -0.2) is 45.7 Å². The average Bonchev–Trinajstić information content (AvgIpc) is 3.29. The molecule has 1 N–H and O–H groups in total. The van der Waals surface area contributed by atoms with E-state index in [2.05, 4.69) is 5.32 Å². The van der Waals surface area contributed by atoms with Gasteiger partial charge in [0.25, 0.3) is 5.56 Å². The van der Waals surface area contributed by atoms with Gasteiger partial charge in [-0.05, 0) is 48.2 Å². The van der Waals surface area contributed by atoms with Crippen LogP contribution in [0.15, 0.2) is 58.5 Å². The molecule has 0 aliphatic carbocycles. The summed E-state index contributed by atoms with van der Waals surface area (Å²) in [4.78, 5) is 47.0. The molecular weight excluding hydrogens is 520 g/mol. The van der Waals surface area contributed by atoms with E-state index in [4.69, 9.17) is 9.72 Å². The van der Waals surface area contributed by atoms with Crippen molar-refractivity contribution in [2.24, 2.45) is 0 Å². The number of carbonyl (C=O) groups is 2. The zero-order valence-corrected chi connectivity index (χ0v) is 23.1. The molecule has 10 heteroatoms. The lowest BCUT2D eigenvalue weighted by atomic mass is 10.1. The van der Waals surface area contributed by atoms with Crippen molar-refractivity contribution in [2.45, 2.75) is 38.5 Å². The predicted octanol–water partition coefficient (Wildman–Crippen LogP) is 4.08. The summed E-state index contributed by atoms with van der Waals surface area (Å²) in [6.45, 7) is 4.99. The third kappa shape index (κ3) is 5.19. The molecule has 8 nitrogen and oxygen atoms in total. The van der Waals surface area contributed by atoms with Crippen LogP contribution in [0.4, 0.5) is 0 Å². The number of thiophene rings is 1. The van der Waals surface area contributed by atoms with Gasteiger partial charge in [-0.1, -0.05) is 42.1 Å². The van der Waals surface area contributed by atoms with Crippen LogP contribution in [0.3, 0.4) is 0 Å². The SMILES string of the molecule is COc1ccc(CNC(=O)CSc2nc3sc4c(c3c(=O)n2-c2ccccc2C)CCN(C(C)=O)C4)cc1. The fourth-order valence-corrected chi connectivity index (χ4v) is 6.65. The van der Waals surface area contributed by atoms with E-state index in [1.807, 2.05) is 55.5 Å². The number of nitrogens with one attached hydrogen (secondary N) is 1. The lowest BCUT2D eigenvalue weighted by molar-refractivity contribution is -0.129. The highest BCUT2D eigenvalue weighted by atomic mass is 32.2. The zero-order valence-electron chi connectivity index (χ0n) is 21.4. The van der Waals surface area contributed by atoms with Crippen molar-refractivity contribution < 1.29 is 14.3 Å². The van der Waals surface area contributed by atoms with Gasteiger partial charge < -0.3 is 15.0 Å². The molecule has 0 fully saturated rings. The third-order valence-corrected chi connectivity index (χ3v) is 8.68. The molecule has 3 heterocycles. The molecule has 0 saturated carbocycles. The van der Waals surface area contributed by atoms with Gasteiger partial charge in [-0.15, -0.1) is 11.3 Å². The predicted molar refractivity (Wildman–Crippen MR) is 150 cm³/mol. The minimum absolute atomic E-state index is 0.0234. The molecule has 2 aromatic carbocycles. The molecule has 5 rings (SSSR count). The molecule has 2 amide bonds. The summed E-state index contributed by atoms with van der Waals surface area (Å²) in [5.41, 5.74) is 3.49. The highest BCUT2D eigenvalue weighted by molar-refractivity contribution is 7.99. The van der Waals surface area contributed by atoms with Crippen molar-refractivity contribution in [3.8, 4) is 11.4 Å². The van der Waals surface area contributed by atoms with Gasteiger partial charge in [-0.2, -0.15) is 0 Å². The number of amides is 2. The lowest BCUT2D eigenvalue weighted by Crippen LogP contribution is -2.34. The standard InChI is InChI=1S/C28H28N4O4S2/c1-17-6-4-5-7-22(17)32-27(35)25-21-12-13-31(18(2)33)15-23(21)38-26(25)30-28(32)37-16-24(34)29-14-19-8-10-20(36-3)11-9-19/h4-11H,12-16H2,1-3H3,(H,29,34). The molecule has 1 aliphatic heterocycles. The Balaban J connectivity index is 1.45. The van der Waals surface area contributed by atoms with E-state index in [9.17, 15) is 14.4 Å². The second-order valence-corrected chi connectivity index (χ2v) is 11.1. The highest BCUT2D eigenvalue weighted by Crippen LogP contribution is 2.34. The van der Waals surface area contributed by atoms with Gasteiger partial charge in [0, 0.05) is 24.9 Å². The van der Waals surface area contributed by atoms with Gasteiger partial charge in [0.1, 0.15) is 10.6 Å². The summed E-state index contributed by atoms with van der Waals surface area (Å²) >= 11 is 2.70. The first-order valence-electron chi connectivity index (χ1n) is 12.3. The Hall–Kier alpha value is -3.63. The minimum atomic E-state index is -0.154. The molecule has 0 spiro atoms. The van der Waals surface area contributed by atoms with Crippen molar-refractivity contribution in [1.29, 1.82) is 0 Å². The normalized spacial score (nSPS) is 12.9. The number of aromatic nitrogens is 2.